The summed E-state index contributed by atoms with van der Waals surface area (Å²) in [5.41, 5.74) is 9.63. The van der Waals surface area contributed by atoms with Crippen molar-refractivity contribution in [3.8, 4) is 11.5 Å². The molecule has 43 heavy (non-hydrogen) atoms. The van der Waals surface area contributed by atoms with Gasteiger partial charge in [0.1, 0.15) is 11.5 Å². The standard InChI is InChI=1S/C39H46N2O2/c1-7-40(8-2)34-22-14-30(15-23-34)38(32-18-26-36(42-5)27-19-32)12-11-13-39(33-20-28-37(43-6)29-21-33)31-16-24-35(25-17-31)41(9-3)10-4/h12-29H,7-11H2,1-6H3. The molecule has 4 heteroatoms. The van der Waals surface area contributed by atoms with Gasteiger partial charge in [-0.2, -0.15) is 0 Å². The predicted molar refractivity (Wildman–Crippen MR) is 185 cm³/mol. The van der Waals surface area contributed by atoms with Crippen molar-refractivity contribution in [2.24, 2.45) is 0 Å². The van der Waals surface area contributed by atoms with Gasteiger partial charge >= 0.3 is 0 Å². The monoisotopic (exact) mass is 574 g/mol. The van der Waals surface area contributed by atoms with Crippen LogP contribution in [-0.4, -0.2) is 40.4 Å². The fourth-order valence-corrected chi connectivity index (χ4v) is 5.52. The molecule has 0 bridgehead atoms. The smallest absolute Gasteiger partial charge is 0.118 e. The maximum absolute atomic E-state index is 5.44. The second kappa shape index (κ2) is 15.7. The summed E-state index contributed by atoms with van der Waals surface area (Å²) in [6, 6.07) is 34.6. The van der Waals surface area contributed by atoms with Crippen LogP contribution < -0.4 is 19.3 Å². The second-order valence-electron chi connectivity index (χ2n) is 10.4. The van der Waals surface area contributed by atoms with E-state index in [-0.39, 0.29) is 0 Å². The van der Waals surface area contributed by atoms with Gasteiger partial charge in [-0.25, -0.2) is 0 Å². The summed E-state index contributed by atoms with van der Waals surface area (Å²) in [5.74, 6) is 1.71. The first kappa shape index (κ1) is 31.5. The number of ether oxygens (including phenoxy) is 2. The molecule has 0 N–H and O–H groups in total. The van der Waals surface area contributed by atoms with E-state index in [0.29, 0.717) is 0 Å². The lowest BCUT2D eigenvalue weighted by Gasteiger charge is -2.21. The van der Waals surface area contributed by atoms with E-state index in [4.69, 9.17) is 9.47 Å². The van der Waals surface area contributed by atoms with Gasteiger partial charge in [0.05, 0.1) is 14.2 Å². The first-order valence-electron chi connectivity index (χ1n) is 15.4. The van der Waals surface area contributed by atoms with Gasteiger partial charge in [0.2, 0.25) is 0 Å². The van der Waals surface area contributed by atoms with Gasteiger partial charge in [-0.05, 0) is 116 Å². The van der Waals surface area contributed by atoms with Crippen LogP contribution in [0, 0.1) is 0 Å². The van der Waals surface area contributed by atoms with Crippen LogP contribution in [0.1, 0.15) is 56.4 Å². The normalized spacial score (nSPS) is 11.8. The number of benzene rings is 4. The first-order chi connectivity index (χ1) is 21.0. The summed E-state index contributed by atoms with van der Waals surface area (Å²) in [7, 11) is 3.41. The second-order valence-corrected chi connectivity index (χ2v) is 10.4. The van der Waals surface area contributed by atoms with E-state index in [1.165, 1.54) is 44.8 Å². The Hall–Kier alpha value is -4.44. The Balaban J connectivity index is 1.74. The molecule has 0 fully saturated rings. The minimum absolute atomic E-state index is 0.776. The molecular weight excluding hydrogens is 528 g/mol. The number of nitrogens with zero attached hydrogens (tertiary/aromatic N) is 2. The quantitative estimate of drug-likeness (QED) is 0.150. The molecular formula is C39H46N2O2. The van der Waals surface area contributed by atoms with Crippen molar-refractivity contribution in [3.05, 3.63) is 131 Å². The van der Waals surface area contributed by atoms with Crippen molar-refractivity contribution in [3.63, 3.8) is 0 Å². The van der Waals surface area contributed by atoms with Crippen LogP contribution in [0.25, 0.3) is 11.1 Å². The van der Waals surface area contributed by atoms with E-state index < -0.39 is 0 Å². The molecule has 0 aliphatic rings. The van der Waals surface area contributed by atoms with E-state index in [2.05, 4.69) is 122 Å². The largest absolute Gasteiger partial charge is 0.497 e. The van der Waals surface area contributed by atoms with Gasteiger partial charge < -0.3 is 19.3 Å². The Morgan fingerprint density at radius 3 is 1.00 bits per heavy atom. The lowest BCUT2D eigenvalue weighted by Crippen LogP contribution is -2.21. The van der Waals surface area contributed by atoms with Gasteiger partial charge in [-0.1, -0.05) is 60.7 Å². The molecule has 4 aromatic carbocycles. The molecule has 0 saturated heterocycles. The fourth-order valence-electron chi connectivity index (χ4n) is 5.52. The summed E-state index contributed by atoms with van der Waals surface area (Å²) in [6.07, 6.45) is 5.45. The highest BCUT2D eigenvalue weighted by Crippen LogP contribution is 2.31. The van der Waals surface area contributed by atoms with E-state index in [1.54, 1.807) is 14.2 Å². The van der Waals surface area contributed by atoms with Crippen LogP contribution in [-0.2, 0) is 0 Å². The molecule has 0 aromatic heterocycles. The molecule has 0 spiro atoms. The van der Waals surface area contributed by atoms with E-state index in [0.717, 1.165) is 44.1 Å². The van der Waals surface area contributed by atoms with Crippen molar-refractivity contribution < 1.29 is 9.47 Å². The van der Waals surface area contributed by atoms with Crippen LogP contribution >= 0.6 is 0 Å². The Bertz CT molecular complexity index is 1350. The van der Waals surface area contributed by atoms with Crippen molar-refractivity contribution in [1.29, 1.82) is 0 Å². The Morgan fingerprint density at radius 1 is 0.465 bits per heavy atom. The molecule has 0 aliphatic carbocycles. The highest BCUT2D eigenvalue weighted by molar-refractivity contribution is 5.83. The number of allylic oxidation sites excluding steroid dienone is 2. The topological polar surface area (TPSA) is 24.9 Å². The SMILES string of the molecule is CCN(CC)c1ccc(C(=CCC=C(c2ccc(OC)cc2)c2ccc(N(CC)CC)cc2)c2ccc(OC)cc2)cc1. The summed E-state index contributed by atoms with van der Waals surface area (Å²) in [4.78, 5) is 4.74. The molecule has 0 radical (unpaired) electrons. The summed E-state index contributed by atoms with van der Waals surface area (Å²) in [6.45, 7) is 12.8. The number of rotatable bonds is 14. The van der Waals surface area contributed by atoms with Crippen molar-refractivity contribution in [2.75, 3.05) is 50.2 Å². The van der Waals surface area contributed by atoms with Crippen LogP contribution in [0.4, 0.5) is 11.4 Å². The number of anilines is 2. The molecule has 0 amide bonds. The third-order valence-corrected chi connectivity index (χ3v) is 8.06. The summed E-state index contributed by atoms with van der Waals surface area (Å²) < 4.78 is 10.9. The number of hydrogen-bond donors (Lipinski definition) is 0. The maximum Gasteiger partial charge on any atom is 0.118 e. The van der Waals surface area contributed by atoms with Gasteiger partial charge in [0.15, 0.2) is 0 Å². The minimum Gasteiger partial charge on any atom is -0.497 e. The predicted octanol–water partition coefficient (Wildman–Crippen LogP) is 9.35. The zero-order chi connectivity index (χ0) is 30.6. The van der Waals surface area contributed by atoms with Gasteiger partial charge in [-0.15, -0.1) is 0 Å². The third kappa shape index (κ3) is 7.90. The van der Waals surface area contributed by atoms with E-state index >= 15 is 0 Å². The zero-order valence-corrected chi connectivity index (χ0v) is 26.6. The Kier molecular flexibility index (Phi) is 11.5. The minimum atomic E-state index is 0.776. The Morgan fingerprint density at radius 2 is 0.744 bits per heavy atom. The summed E-state index contributed by atoms with van der Waals surface area (Å²) >= 11 is 0. The molecule has 4 nitrogen and oxygen atoms in total. The average molecular weight is 575 g/mol. The highest BCUT2D eigenvalue weighted by Gasteiger charge is 2.10. The molecule has 0 unspecified atom stereocenters. The highest BCUT2D eigenvalue weighted by atomic mass is 16.5. The average Bonchev–Trinajstić information content (AvgIpc) is 3.07. The molecule has 4 rings (SSSR count). The maximum atomic E-state index is 5.44. The molecule has 0 heterocycles. The zero-order valence-electron chi connectivity index (χ0n) is 26.6. The molecule has 4 aromatic rings. The molecule has 0 aliphatic heterocycles. The first-order valence-corrected chi connectivity index (χ1v) is 15.4. The molecule has 224 valence electrons. The van der Waals surface area contributed by atoms with E-state index in [1.807, 2.05) is 24.3 Å². The molecule has 0 saturated carbocycles. The lowest BCUT2D eigenvalue weighted by molar-refractivity contribution is 0.414. The Labute approximate surface area is 258 Å². The van der Waals surface area contributed by atoms with Gasteiger partial charge in [-0.3, -0.25) is 0 Å². The number of hydrogen-bond acceptors (Lipinski definition) is 4. The van der Waals surface area contributed by atoms with Crippen LogP contribution in [0.15, 0.2) is 109 Å². The fraction of sp³-hybridized carbons (Fsp3) is 0.282. The van der Waals surface area contributed by atoms with Crippen molar-refractivity contribution in [1.82, 2.24) is 0 Å². The van der Waals surface area contributed by atoms with Crippen molar-refractivity contribution >= 4 is 22.5 Å². The summed E-state index contributed by atoms with van der Waals surface area (Å²) in [5, 5.41) is 0. The third-order valence-electron chi connectivity index (χ3n) is 8.06. The van der Waals surface area contributed by atoms with Gasteiger partial charge in [0.25, 0.3) is 0 Å². The van der Waals surface area contributed by atoms with Gasteiger partial charge in [0, 0.05) is 37.6 Å². The lowest BCUT2D eigenvalue weighted by atomic mass is 9.94. The van der Waals surface area contributed by atoms with Crippen LogP contribution in [0.5, 0.6) is 11.5 Å². The van der Waals surface area contributed by atoms with Crippen LogP contribution in [0.3, 0.4) is 0 Å². The number of methoxy groups -OCH3 is 2. The molecule has 0 atom stereocenters. The van der Waals surface area contributed by atoms with Crippen molar-refractivity contribution in [2.45, 2.75) is 34.1 Å². The van der Waals surface area contributed by atoms with Crippen LogP contribution in [0.2, 0.25) is 0 Å². The van der Waals surface area contributed by atoms with E-state index in [9.17, 15) is 0 Å².